The largest absolute Gasteiger partial charge is 0.493 e. The van der Waals surface area contributed by atoms with Gasteiger partial charge in [0.25, 0.3) is 11.8 Å². The fourth-order valence-electron chi connectivity index (χ4n) is 2.91. The van der Waals surface area contributed by atoms with Crippen LogP contribution in [0, 0.1) is 5.92 Å². The number of rotatable bonds is 10. The van der Waals surface area contributed by atoms with Gasteiger partial charge >= 0.3 is 0 Å². The SMILES string of the molecule is COc1cc(/C=N/NC(=O)C(CC(C)C)NC(=O)c2ccc(Cl)cc2)ccc1OC(C)C. The van der Waals surface area contributed by atoms with E-state index in [0.717, 1.165) is 5.56 Å². The molecule has 2 N–H and O–H groups in total. The van der Waals surface area contributed by atoms with E-state index in [-0.39, 0.29) is 17.9 Å². The molecular formula is C24H30ClN3O4. The summed E-state index contributed by atoms with van der Waals surface area (Å²) in [6, 6.07) is 11.1. The molecule has 0 aliphatic carbocycles. The molecule has 32 heavy (non-hydrogen) atoms. The zero-order chi connectivity index (χ0) is 23.7. The Kier molecular flexibility index (Phi) is 9.53. The number of hydrogen-bond acceptors (Lipinski definition) is 5. The van der Waals surface area contributed by atoms with Gasteiger partial charge in [0.15, 0.2) is 11.5 Å². The number of hydrazone groups is 1. The molecule has 2 rings (SSSR count). The Morgan fingerprint density at radius 1 is 1.06 bits per heavy atom. The molecular weight excluding hydrogens is 430 g/mol. The van der Waals surface area contributed by atoms with E-state index < -0.39 is 11.9 Å². The van der Waals surface area contributed by atoms with Crippen LogP contribution in [0.15, 0.2) is 47.6 Å². The predicted molar refractivity (Wildman–Crippen MR) is 127 cm³/mol. The van der Waals surface area contributed by atoms with Crippen LogP contribution in [0.5, 0.6) is 11.5 Å². The van der Waals surface area contributed by atoms with Gasteiger partial charge in [-0.2, -0.15) is 5.10 Å². The van der Waals surface area contributed by atoms with Crippen molar-refractivity contribution in [1.29, 1.82) is 0 Å². The summed E-state index contributed by atoms with van der Waals surface area (Å²) in [5.74, 6) is 0.645. The van der Waals surface area contributed by atoms with E-state index in [1.165, 1.54) is 6.21 Å². The Balaban J connectivity index is 2.05. The van der Waals surface area contributed by atoms with Gasteiger partial charge in [-0.3, -0.25) is 9.59 Å². The van der Waals surface area contributed by atoms with E-state index in [0.29, 0.717) is 28.5 Å². The molecule has 172 valence electrons. The molecule has 0 saturated heterocycles. The van der Waals surface area contributed by atoms with Crippen LogP contribution in [0.3, 0.4) is 0 Å². The predicted octanol–water partition coefficient (Wildman–Crippen LogP) is 4.43. The van der Waals surface area contributed by atoms with Gasteiger partial charge in [-0.25, -0.2) is 5.43 Å². The molecule has 0 aliphatic rings. The van der Waals surface area contributed by atoms with Crippen molar-refractivity contribution in [3.05, 3.63) is 58.6 Å². The van der Waals surface area contributed by atoms with Crippen molar-refractivity contribution >= 4 is 29.6 Å². The van der Waals surface area contributed by atoms with Crippen LogP contribution in [0.25, 0.3) is 0 Å². The summed E-state index contributed by atoms with van der Waals surface area (Å²) in [5, 5.41) is 7.34. The van der Waals surface area contributed by atoms with Crippen LogP contribution in [0.1, 0.15) is 50.0 Å². The number of carbonyl (C=O) groups is 2. The lowest BCUT2D eigenvalue weighted by atomic mass is 10.0. The summed E-state index contributed by atoms with van der Waals surface area (Å²) in [6.45, 7) is 7.82. The molecule has 0 heterocycles. The molecule has 1 atom stereocenters. The van der Waals surface area contributed by atoms with Gasteiger partial charge in [0, 0.05) is 10.6 Å². The minimum absolute atomic E-state index is 0.0173. The van der Waals surface area contributed by atoms with Gasteiger partial charge in [0.1, 0.15) is 6.04 Å². The molecule has 1 unspecified atom stereocenters. The maximum absolute atomic E-state index is 12.7. The Morgan fingerprint density at radius 2 is 1.75 bits per heavy atom. The molecule has 0 radical (unpaired) electrons. The number of nitrogens with zero attached hydrogens (tertiary/aromatic N) is 1. The zero-order valence-corrected chi connectivity index (χ0v) is 19.8. The highest BCUT2D eigenvalue weighted by atomic mass is 35.5. The summed E-state index contributed by atoms with van der Waals surface area (Å²) in [7, 11) is 1.56. The Morgan fingerprint density at radius 3 is 2.34 bits per heavy atom. The molecule has 2 amide bonds. The first kappa shape index (κ1) is 25.2. The number of halogens is 1. The third kappa shape index (κ3) is 7.89. The van der Waals surface area contributed by atoms with Crippen molar-refractivity contribution in [2.75, 3.05) is 7.11 Å². The van der Waals surface area contributed by atoms with Gasteiger partial charge in [-0.1, -0.05) is 25.4 Å². The monoisotopic (exact) mass is 459 g/mol. The highest BCUT2D eigenvalue weighted by molar-refractivity contribution is 6.30. The summed E-state index contributed by atoms with van der Waals surface area (Å²) in [6.07, 6.45) is 1.99. The van der Waals surface area contributed by atoms with Crippen LogP contribution in [0.2, 0.25) is 5.02 Å². The zero-order valence-electron chi connectivity index (χ0n) is 19.0. The molecule has 0 aromatic heterocycles. The van der Waals surface area contributed by atoms with Gasteiger partial charge in [-0.05, 0) is 74.2 Å². The first-order chi connectivity index (χ1) is 15.2. The van der Waals surface area contributed by atoms with Crippen LogP contribution >= 0.6 is 11.6 Å². The number of methoxy groups -OCH3 is 1. The fourth-order valence-corrected chi connectivity index (χ4v) is 3.04. The van der Waals surface area contributed by atoms with E-state index in [2.05, 4.69) is 15.8 Å². The Hall–Kier alpha value is -3.06. The average Bonchev–Trinajstić information content (AvgIpc) is 2.73. The quantitative estimate of drug-likeness (QED) is 0.406. The number of amides is 2. The van der Waals surface area contributed by atoms with E-state index in [4.69, 9.17) is 21.1 Å². The van der Waals surface area contributed by atoms with Crippen LogP contribution in [-0.2, 0) is 4.79 Å². The normalized spacial score (nSPS) is 12.1. The average molecular weight is 460 g/mol. The van der Waals surface area contributed by atoms with E-state index in [1.807, 2.05) is 33.8 Å². The summed E-state index contributed by atoms with van der Waals surface area (Å²) < 4.78 is 11.1. The summed E-state index contributed by atoms with van der Waals surface area (Å²) in [5.41, 5.74) is 3.66. The van der Waals surface area contributed by atoms with Gasteiger partial charge in [0.2, 0.25) is 0 Å². The Labute approximate surface area is 194 Å². The van der Waals surface area contributed by atoms with Crippen molar-refractivity contribution in [2.24, 2.45) is 11.0 Å². The molecule has 7 nitrogen and oxygen atoms in total. The first-order valence-corrected chi connectivity index (χ1v) is 10.8. The maximum Gasteiger partial charge on any atom is 0.262 e. The van der Waals surface area contributed by atoms with Crippen LogP contribution in [0.4, 0.5) is 0 Å². The molecule has 0 spiro atoms. The molecule has 0 aliphatic heterocycles. The molecule has 2 aromatic rings. The van der Waals surface area contributed by atoms with Gasteiger partial charge in [0.05, 0.1) is 19.4 Å². The number of carbonyl (C=O) groups excluding carboxylic acids is 2. The van der Waals surface area contributed by atoms with Crippen LogP contribution < -0.4 is 20.2 Å². The van der Waals surface area contributed by atoms with Gasteiger partial charge < -0.3 is 14.8 Å². The van der Waals surface area contributed by atoms with E-state index >= 15 is 0 Å². The minimum atomic E-state index is -0.730. The molecule has 0 saturated carbocycles. The lowest BCUT2D eigenvalue weighted by molar-refractivity contribution is -0.123. The van der Waals surface area contributed by atoms with E-state index in [1.54, 1.807) is 43.5 Å². The van der Waals surface area contributed by atoms with Crippen molar-refractivity contribution in [1.82, 2.24) is 10.7 Å². The smallest absolute Gasteiger partial charge is 0.262 e. The second kappa shape index (κ2) is 12.1. The number of hydrogen-bond donors (Lipinski definition) is 2. The number of ether oxygens (including phenoxy) is 2. The van der Waals surface area contributed by atoms with Crippen molar-refractivity contribution in [3.8, 4) is 11.5 Å². The first-order valence-electron chi connectivity index (χ1n) is 10.4. The lowest BCUT2D eigenvalue weighted by Crippen LogP contribution is -2.46. The summed E-state index contributed by atoms with van der Waals surface area (Å²) in [4.78, 5) is 25.2. The van der Waals surface area contributed by atoms with Crippen molar-refractivity contribution < 1.29 is 19.1 Å². The third-order valence-electron chi connectivity index (χ3n) is 4.37. The van der Waals surface area contributed by atoms with Crippen molar-refractivity contribution in [3.63, 3.8) is 0 Å². The number of benzene rings is 2. The maximum atomic E-state index is 12.7. The lowest BCUT2D eigenvalue weighted by Gasteiger charge is -2.19. The molecule has 0 fully saturated rings. The standard InChI is InChI=1S/C24H30ClN3O4/c1-15(2)12-20(27-23(29)18-7-9-19(25)10-8-18)24(30)28-26-14-17-6-11-21(32-16(3)4)22(13-17)31-5/h6-11,13-16,20H,12H2,1-5H3,(H,27,29)(H,28,30)/b26-14+. The molecule has 0 bridgehead atoms. The van der Waals surface area contributed by atoms with Gasteiger partial charge in [-0.15, -0.1) is 0 Å². The summed E-state index contributed by atoms with van der Waals surface area (Å²) >= 11 is 5.87. The highest BCUT2D eigenvalue weighted by Crippen LogP contribution is 2.28. The second-order valence-corrected chi connectivity index (χ2v) is 8.41. The number of nitrogens with one attached hydrogen (secondary N) is 2. The third-order valence-corrected chi connectivity index (χ3v) is 4.63. The Bertz CT molecular complexity index is 943. The highest BCUT2D eigenvalue weighted by Gasteiger charge is 2.22. The van der Waals surface area contributed by atoms with Crippen molar-refractivity contribution in [2.45, 2.75) is 46.3 Å². The minimum Gasteiger partial charge on any atom is -0.493 e. The van der Waals surface area contributed by atoms with E-state index in [9.17, 15) is 9.59 Å². The molecule has 2 aromatic carbocycles. The second-order valence-electron chi connectivity index (χ2n) is 7.97. The molecule has 8 heteroatoms. The van der Waals surface area contributed by atoms with Crippen LogP contribution in [-0.4, -0.2) is 37.3 Å². The fraction of sp³-hybridized carbons (Fsp3) is 0.375. The topological polar surface area (TPSA) is 89.0 Å².